The van der Waals surface area contributed by atoms with Crippen LogP contribution < -0.4 is 0 Å². The average molecular weight is 193 g/mol. The van der Waals surface area contributed by atoms with Gasteiger partial charge in [0.1, 0.15) is 11.5 Å². The van der Waals surface area contributed by atoms with Gasteiger partial charge in [0.05, 0.1) is 6.20 Å². The highest BCUT2D eigenvalue weighted by Gasteiger charge is 2.07. The summed E-state index contributed by atoms with van der Waals surface area (Å²) in [5, 5.41) is 0. The van der Waals surface area contributed by atoms with Crippen molar-refractivity contribution in [1.29, 1.82) is 0 Å². The number of pyridine rings is 1. The summed E-state index contributed by atoms with van der Waals surface area (Å²) in [5.41, 5.74) is 1.15. The Morgan fingerprint density at radius 2 is 2.29 bits per heavy atom. The minimum atomic E-state index is -0.434. The Bertz CT molecular complexity index is 343. The average Bonchev–Trinajstić information content (AvgIpc) is 2.18. The van der Waals surface area contributed by atoms with Crippen molar-refractivity contribution >= 4 is 5.78 Å². The molecule has 1 aromatic rings. The third kappa shape index (κ3) is 2.76. The van der Waals surface area contributed by atoms with Crippen LogP contribution in [-0.4, -0.2) is 10.8 Å². The van der Waals surface area contributed by atoms with Gasteiger partial charge in [0.2, 0.25) is 0 Å². The molecule has 0 N–H and O–H groups in total. The number of nitrogens with zero attached hydrogens (tertiary/aromatic N) is 1. The summed E-state index contributed by atoms with van der Waals surface area (Å²) < 4.78 is 12.5. The minimum Gasteiger partial charge on any atom is -0.292 e. The number of allylic oxidation sites excluding steroid dienone is 1. The Labute approximate surface area is 82.5 Å². The number of rotatable bonds is 4. The van der Waals surface area contributed by atoms with Crippen molar-refractivity contribution in [3.63, 3.8) is 0 Å². The number of hydrogen-bond acceptors (Lipinski definition) is 2. The van der Waals surface area contributed by atoms with E-state index in [0.29, 0.717) is 5.69 Å². The van der Waals surface area contributed by atoms with Crippen LogP contribution in [0.25, 0.3) is 0 Å². The highest BCUT2D eigenvalue weighted by atomic mass is 19.1. The van der Waals surface area contributed by atoms with E-state index in [4.69, 9.17) is 0 Å². The molecule has 2 nitrogen and oxygen atoms in total. The van der Waals surface area contributed by atoms with E-state index in [1.807, 2.05) is 6.92 Å². The molecule has 0 bridgehead atoms. The van der Waals surface area contributed by atoms with Crippen LogP contribution in [0.15, 0.2) is 30.5 Å². The highest BCUT2D eigenvalue weighted by Crippen LogP contribution is 2.08. The third-order valence-electron chi connectivity index (χ3n) is 1.92. The molecule has 0 spiro atoms. The van der Waals surface area contributed by atoms with E-state index in [1.54, 1.807) is 0 Å². The largest absolute Gasteiger partial charge is 0.292 e. The number of hydrogen-bond donors (Lipinski definition) is 0. The van der Waals surface area contributed by atoms with Crippen LogP contribution in [0.5, 0.6) is 0 Å². The number of carbonyl (C=O) groups is 1. The third-order valence-corrected chi connectivity index (χ3v) is 1.92. The van der Waals surface area contributed by atoms with E-state index in [0.717, 1.165) is 18.2 Å². The van der Waals surface area contributed by atoms with E-state index in [2.05, 4.69) is 11.6 Å². The molecule has 14 heavy (non-hydrogen) atoms. The van der Waals surface area contributed by atoms with Crippen molar-refractivity contribution in [3.8, 4) is 0 Å². The molecule has 1 rings (SSSR count). The van der Waals surface area contributed by atoms with Gasteiger partial charge in [-0.25, -0.2) is 4.39 Å². The molecule has 0 saturated heterocycles. The quantitative estimate of drug-likeness (QED) is 0.543. The lowest BCUT2D eigenvalue weighted by atomic mass is 10.1. The van der Waals surface area contributed by atoms with Gasteiger partial charge < -0.3 is 0 Å². The molecule has 0 aliphatic heterocycles. The summed E-state index contributed by atoms with van der Waals surface area (Å²) in [7, 11) is 0. The maximum Gasteiger partial charge on any atom is 0.185 e. The predicted octanol–water partition coefficient (Wildman–Crippen LogP) is 2.76. The summed E-state index contributed by atoms with van der Waals surface area (Å²) >= 11 is 0. The summed E-state index contributed by atoms with van der Waals surface area (Å²) in [6.45, 7) is 5.67. The molecule has 0 atom stereocenters. The monoisotopic (exact) mass is 193 g/mol. The number of halogens is 1. The maximum absolute atomic E-state index is 12.5. The van der Waals surface area contributed by atoms with Crippen LogP contribution in [0, 0.1) is 5.82 Å². The fraction of sp³-hybridized carbons (Fsp3) is 0.273. The van der Waals surface area contributed by atoms with Gasteiger partial charge in [-0.3, -0.25) is 9.78 Å². The van der Waals surface area contributed by atoms with Gasteiger partial charge in [-0.1, -0.05) is 19.1 Å². The van der Waals surface area contributed by atoms with Gasteiger partial charge in [0, 0.05) is 6.42 Å². The molecule has 0 amide bonds. The van der Waals surface area contributed by atoms with Crippen molar-refractivity contribution in [2.24, 2.45) is 0 Å². The lowest BCUT2D eigenvalue weighted by Crippen LogP contribution is -2.02. The van der Waals surface area contributed by atoms with E-state index in [1.165, 1.54) is 12.1 Å². The molecule has 1 heterocycles. The molecule has 0 aliphatic rings. The topological polar surface area (TPSA) is 30.0 Å². The Morgan fingerprint density at radius 3 is 2.79 bits per heavy atom. The second-order valence-electron chi connectivity index (χ2n) is 3.07. The summed E-state index contributed by atoms with van der Waals surface area (Å²) in [6.07, 6.45) is 2.10. The van der Waals surface area contributed by atoms with Gasteiger partial charge in [0.15, 0.2) is 5.78 Å². The van der Waals surface area contributed by atoms with Crippen molar-refractivity contribution in [3.05, 3.63) is 42.0 Å². The smallest absolute Gasteiger partial charge is 0.185 e. The second kappa shape index (κ2) is 4.65. The van der Waals surface area contributed by atoms with Crippen LogP contribution in [0.2, 0.25) is 0 Å². The fourth-order valence-electron chi connectivity index (χ4n) is 0.983. The Morgan fingerprint density at radius 1 is 1.57 bits per heavy atom. The first-order chi connectivity index (χ1) is 6.63. The SMILES string of the molecule is C=C(CC)CC(=O)c1ccc(F)cn1. The van der Waals surface area contributed by atoms with E-state index in [9.17, 15) is 9.18 Å². The molecule has 3 heteroatoms. The van der Waals surface area contributed by atoms with E-state index < -0.39 is 5.82 Å². The van der Waals surface area contributed by atoms with Crippen LogP contribution in [0.4, 0.5) is 4.39 Å². The number of carbonyl (C=O) groups excluding carboxylic acids is 1. The first-order valence-electron chi connectivity index (χ1n) is 4.45. The fourth-order valence-corrected chi connectivity index (χ4v) is 0.983. The number of aromatic nitrogens is 1. The van der Waals surface area contributed by atoms with Crippen molar-refractivity contribution in [2.75, 3.05) is 0 Å². The van der Waals surface area contributed by atoms with Crippen molar-refractivity contribution in [1.82, 2.24) is 4.98 Å². The first kappa shape index (κ1) is 10.6. The molecule has 1 aromatic heterocycles. The molecular weight excluding hydrogens is 181 g/mol. The molecule has 0 radical (unpaired) electrons. The second-order valence-corrected chi connectivity index (χ2v) is 3.07. The molecule has 74 valence electrons. The Hall–Kier alpha value is -1.51. The van der Waals surface area contributed by atoms with Gasteiger partial charge >= 0.3 is 0 Å². The Kier molecular flexibility index (Phi) is 3.51. The first-order valence-corrected chi connectivity index (χ1v) is 4.45. The van der Waals surface area contributed by atoms with Crippen LogP contribution >= 0.6 is 0 Å². The standard InChI is InChI=1S/C11H12FNO/c1-3-8(2)6-11(14)10-5-4-9(12)7-13-10/h4-5,7H,2-3,6H2,1H3. The summed E-state index contributed by atoms with van der Waals surface area (Å²) in [6, 6.07) is 2.62. The van der Waals surface area contributed by atoms with Crippen LogP contribution in [0.3, 0.4) is 0 Å². The zero-order valence-electron chi connectivity index (χ0n) is 8.09. The van der Waals surface area contributed by atoms with E-state index >= 15 is 0 Å². The zero-order chi connectivity index (χ0) is 10.6. The number of ketones is 1. The normalized spacial score (nSPS) is 9.86. The van der Waals surface area contributed by atoms with Crippen molar-refractivity contribution < 1.29 is 9.18 Å². The molecule has 0 aliphatic carbocycles. The van der Waals surface area contributed by atoms with Gasteiger partial charge in [-0.05, 0) is 18.6 Å². The van der Waals surface area contributed by atoms with Crippen molar-refractivity contribution in [2.45, 2.75) is 19.8 Å². The maximum atomic E-state index is 12.5. The summed E-state index contributed by atoms with van der Waals surface area (Å²) in [4.78, 5) is 15.2. The lowest BCUT2D eigenvalue weighted by Gasteiger charge is -2.00. The lowest BCUT2D eigenvalue weighted by molar-refractivity contribution is 0.0987. The summed E-state index contributed by atoms with van der Waals surface area (Å²) in [5.74, 6) is -0.548. The molecule has 0 fully saturated rings. The minimum absolute atomic E-state index is 0.114. The highest BCUT2D eigenvalue weighted by molar-refractivity contribution is 5.95. The van der Waals surface area contributed by atoms with Gasteiger partial charge in [0.25, 0.3) is 0 Å². The Balaban J connectivity index is 2.70. The zero-order valence-corrected chi connectivity index (χ0v) is 8.09. The van der Waals surface area contributed by atoms with Crippen LogP contribution in [0.1, 0.15) is 30.3 Å². The molecular formula is C11H12FNO. The number of Topliss-reactive ketones (excluding diaryl/α,β-unsaturated/α-hetero) is 1. The van der Waals surface area contributed by atoms with E-state index in [-0.39, 0.29) is 12.2 Å². The molecule has 0 saturated carbocycles. The van der Waals surface area contributed by atoms with Crippen LogP contribution in [-0.2, 0) is 0 Å². The predicted molar refractivity (Wildman–Crippen MR) is 52.6 cm³/mol. The van der Waals surface area contributed by atoms with Gasteiger partial charge in [-0.2, -0.15) is 0 Å². The molecule has 0 aromatic carbocycles. The van der Waals surface area contributed by atoms with Gasteiger partial charge in [-0.15, -0.1) is 0 Å². The molecule has 0 unspecified atom stereocenters.